The molecule has 12 nitrogen and oxygen atoms in total. The van der Waals surface area contributed by atoms with Crippen LogP contribution in [-0.2, 0) is 32.3 Å². The molecule has 0 N–H and O–H groups in total. The summed E-state index contributed by atoms with van der Waals surface area (Å²) in [7, 11) is 0. The van der Waals surface area contributed by atoms with Gasteiger partial charge in [-0.1, -0.05) is 24.3 Å². The summed E-state index contributed by atoms with van der Waals surface area (Å²) in [5, 5.41) is 0. The summed E-state index contributed by atoms with van der Waals surface area (Å²) in [4.78, 5) is 49.9. The fourth-order valence-corrected chi connectivity index (χ4v) is 10.7. The Bertz CT molecular complexity index is 2410. The van der Waals surface area contributed by atoms with Gasteiger partial charge in [-0.15, -0.1) is 22.7 Å². The second-order valence-corrected chi connectivity index (χ2v) is 17.1. The van der Waals surface area contributed by atoms with Crippen molar-refractivity contribution in [1.29, 1.82) is 0 Å². The van der Waals surface area contributed by atoms with Gasteiger partial charge in [-0.25, -0.2) is 18.7 Å². The second kappa shape index (κ2) is 17.6. The van der Waals surface area contributed by atoms with Gasteiger partial charge in [-0.3, -0.25) is 19.6 Å². The molecular weight excluding hydrogens is 795 g/mol. The molecule has 4 atom stereocenters. The number of thiazole rings is 2. The molecule has 4 bridgehead atoms. The summed E-state index contributed by atoms with van der Waals surface area (Å²) in [5.74, 6) is -0.491. The van der Waals surface area contributed by atoms with Crippen molar-refractivity contribution in [2.24, 2.45) is 0 Å². The number of piperazine rings is 2. The number of carbonyl (C=O) groups is 2. The number of benzene rings is 2. The SMILES string of the molecule is O=C(CCOCc1cccc2ncsc12)N1CC2CCC(C1)N2c1ccncc1F.O=C(COCc1cccc2ncsc12)N1CC2CCC(C1)N2c1ccncc1F. The van der Waals surface area contributed by atoms with Crippen molar-refractivity contribution in [2.75, 3.05) is 49.2 Å². The number of aromatic nitrogens is 4. The van der Waals surface area contributed by atoms with E-state index in [9.17, 15) is 18.4 Å². The average Bonchev–Trinajstić information content (AvgIpc) is 4.04. The highest BCUT2D eigenvalue weighted by molar-refractivity contribution is 7.17. The number of carbonyl (C=O) groups excluding carboxylic acids is 2. The van der Waals surface area contributed by atoms with E-state index in [1.807, 2.05) is 57.2 Å². The zero-order valence-corrected chi connectivity index (χ0v) is 34.0. The maximum Gasteiger partial charge on any atom is 0.248 e. The monoisotopic (exact) mass is 838 g/mol. The van der Waals surface area contributed by atoms with Gasteiger partial charge in [0.05, 0.1) is 81.5 Å². The van der Waals surface area contributed by atoms with Crippen molar-refractivity contribution >= 4 is 66.3 Å². The minimum atomic E-state index is -0.301. The van der Waals surface area contributed by atoms with Crippen LogP contribution in [0.15, 0.2) is 84.3 Å². The van der Waals surface area contributed by atoms with Gasteiger partial charge < -0.3 is 29.1 Å². The molecule has 4 aliphatic heterocycles. The average molecular weight is 839 g/mol. The molecular formula is C43H44F2N8O4S2. The van der Waals surface area contributed by atoms with Crippen LogP contribution in [0.4, 0.5) is 20.2 Å². The number of nitrogens with zero attached hydrogens (tertiary/aromatic N) is 8. The van der Waals surface area contributed by atoms with Crippen LogP contribution in [0.1, 0.15) is 43.2 Å². The second-order valence-electron chi connectivity index (χ2n) is 15.4. The molecule has 306 valence electrons. The van der Waals surface area contributed by atoms with Crippen molar-refractivity contribution < 1.29 is 27.8 Å². The Hall–Kier alpha value is -5.16. The maximum atomic E-state index is 14.2. The number of pyridine rings is 2. The molecule has 16 heteroatoms. The largest absolute Gasteiger partial charge is 0.376 e. The fraction of sp³-hybridized carbons (Fsp3) is 0.395. The lowest BCUT2D eigenvalue weighted by atomic mass is 10.1. The molecule has 6 aromatic rings. The summed E-state index contributed by atoms with van der Waals surface area (Å²) >= 11 is 3.19. The lowest BCUT2D eigenvalue weighted by Crippen LogP contribution is -2.56. The van der Waals surface area contributed by atoms with Gasteiger partial charge in [0.1, 0.15) is 6.61 Å². The van der Waals surface area contributed by atoms with Crippen LogP contribution in [0.25, 0.3) is 20.4 Å². The zero-order valence-electron chi connectivity index (χ0n) is 32.4. The zero-order chi connectivity index (χ0) is 40.3. The molecule has 0 aliphatic carbocycles. The molecule has 10 rings (SSSR count). The van der Waals surface area contributed by atoms with E-state index >= 15 is 0 Å². The number of ether oxygens (including phenoxy) is 2. The third-order valence-electron chi connectivity index (χ3n) is 11.8. The van der Waals surface area contributed by atoms with Gasteiger partial charge >= 0.3 is 0 Å². The van der Waals surface area contributed by atoms with Gasteiger partial charge in [0.25, 0.3) is 0 Å². The van der Waals surface area contributed by atoms with Crippen LogP contribution >= 0.6 is 22.7 Å². The van der Waals surface area contributed by atoms with E-state index in [0.717, 1.165) is 57.2 Å². The Balaban J connectivity index is 0.000000152. The van der Waals surface area contributed by atoms with Gasteiger partial charge in [0.15, 0.2) is 11.6 Å². The van der Waals surface area contributed by atoms with E-state index in [1.165, 1.54) is 12.4 Å². The summed E-state index contributed by atoms with van der Waals surface area (Å²) in [5.41, 5.74) is 8.95. The Morgan fingerprint density at radius 3 is 1.61 bits per heavy atom. The Morgan fingerprint density at radius 2 is 1.12 bits per heavy atom. The Morgan fingerprint density at radius 1 is 0.644 bits per heavy atom. The fourth-order valence-electron chi connectivity index (χ4n) is 9.11. The van der Waals surface area contributed by atoms with Crippen LogP contribution < -0.4 is 9.80 Å². The number of fused-ring (bicyclic) bond motifs is 6. The summed E-state index contributed by atoms with van der Waals surface area (Å²) in [6.07, 6.45) is 10.0. The van der Waals surface area contributed by atoms with Crippen LogP contribution in [0.5, 0.6) is 0 Å². The van der Waals surface area contributed by atoms with Gasteiger partial charge in [-0.2, -0.15) is 0 Å². The summed E-state index contributed by atoms with van der Waals surface area (Å²) in [6.45, 7) is 3.79. The number of rotatable bonds is 11. The number of hydrogen-bond donors (Lipinski definition) is 0. The van der Waals surface area contributed by atoms with Crippen molar-refractivity contribution in [3.8, 4) is 0 Å². The third kappa shape index (κ3) is 8.36. The van der Waals surface area contributed by atoms with Crippen molar-refractivity contribution in [3.05, 3.63) is 107 Å². The lowest BCUT2D eigenvalue weighted by molar-refractivity contribution is -0.137. The van der Waals surface area contributed by atoms with E-state index in [0.29, 0.717) is 63.8 Å². The quantitative estimate of drug-likeness (QED) is 0.129. The number of halogens is 2. The topological polar surface area (TPSA) is 117 Å². The molecule has 4 fully saturated rings. The number of hydrogen-bond acceptors (Lipinski definition) is 12. The lowest BCUT2D eigenvalue weighted by Gasteiger charge is -2.42. The molecule has 2 aromatic carbocycles. The normalized spacial score (nSPS) is 21.0. The standard InChI is InChI=1S/C22H23FN4O2S.C21H21FN4O2S/c23-18-10-24-8-6-20(18)27-16-4-5-17(27)12-26(11-16)21(28)7-9-29-13-15-2-1-3-19-22(15)30-14-25-19;22-17-8-23-7-6-19(17)26-15-4-5-16(26)10-25(9-15)20(27)12-28-11-14-2-1-3-18-21(14)29-13-24-18/h1-3,6,8,10,14,16-17H,4-5,7,9,11-13H2;1-3,6-8,13,15-16H,4-5,9-12H2. The predicted octanol–water partition coefficient (Wildman–Crippen LogP) is 6.84. The van der Waals surface area contributed by atoms with E-state index in [-0.39, 0.29) is 54.2 Å². The number of anilines is 2. The van der Waals surface area contributed by atoms with Crippen molar-refractivity contribution in [3.63, 3.8) is 0 Å². The predicted molar refractivity (Wildman–Crippen MR) is 223 cm³/mol. The van der Waals surface area contributed by atoms with E-state index in [2.05, 4.69) is 29.7 Å². The maximum absolute atomic E-state index is 14.2. The summed E-state index contributed by atoms with van der Waals surface area (Å²) in [6, 6.07) is 16.0. The van der Waals surface area contributed by atoms with Crippen LogP contribution in [-0.4, -0.2) is 105 Å². The first-order chi connectivity index (χ1) is 28.9. The van der Waals surface area contributed by atoms with Crippen LogP contribution in [0.3, 0.4) is 0 Å². The Kier molecular flexibility index (Phi) is 11.7. The van der Waals surface area contributed by atoms with E-state index in [1.54, 1.807) is 47.2 Å². The van der Waals surface area contributed by atoms with Crippen LogP contribution in [0.2, 0.25) is 0 Å². The van der Waals surface area contributed by atoms with E-state index < -0.39 is 0 Å². The summed E-state index contributed by atoms with van der Waals surface area (Å²) < 4.78 is 42.2. The molecule has 0 spiro atoms. The number of likely N-dealkylation sites (tertiary alicyclic amines) is 2. The smallest absolute Gasteiger partial charge is 0.248 e. The van der Waals surface area contributed by atoms with Crippen molar-refractivity contribution in [2.45, 2.75) is 69.5 Å². The number of amides is 2. The molecule has 4 saturated heterocycles. The molecule has 4 unspecified atom stereocenters. The minimum Gasteiger partial charge on any atom is -0.376 e. The highest BCUT2D eigenvalue weighted by Crippen LogP contribution is 2.37. The van der Waals surface area contributed by atoms with Crippen molar-refractivity contribution in [1.82, 2.24) is 29.7 Å². The van der Waals surface area contributed by atoms with Crippen LogP contribution in [0, 0.1) is 11.6 Å². The molecule has 0 saturated carbocycles. The van der Waals surface area contributed by atoms with Gasteiger partial charge in [-0.05, 0) is 61.1 Å². The molecule has 4 aliphatic rings. The third-order valence-corrected chi connectivity index (χ3v) is 13.6. The minimum absolute atomic E-state index is 0.00627. The first-order valence-electron chi connectivity index (χ1n) is 20.0. The van der Waals surface area contributed by atoms with Gasteiger partial charge in [0, 0.05) is 62.7 Å². The molecule has 4 aromatic heterocycles. The first-order valence-corrected chi connectivity index (χ1v) is 21.8. The molecule has 0 radical (unpaired) electrons. The first kappa shape index (κ1) is 39.3. The Labute approximate surface area is 348 Å². The molecule has 2 amide bonds. The molecule has 8 heterocycles. The van der Waals surface area contributed by atoms with Gasteiger partial charge in [0.2, 0.25) is 11.8 Å². The highest BCUT2D eigenvalue weighted by Gasteiger charge is 2.43. The molecule has 59 heavy (non-hydrogen) atoms. The van der Waals surface area contributed by atoms with E-state index in [4.69, 9.17) is 9.47 Å². The highest BCUT2D eigenvalue weighted by atomic mass is 32.1.